The monoisotopic (exact) mass is 232 g/mol. The Morgan fingerprint density at radius 1 is 1.24 bits per heavy atom. The molecule has 0 bridgehead atoms. The van der Waals surface area contributed by atoms with E-state index in [-0.39, 0.29) is 11.4 Å². The molecule has 2 rings (SSSR count). The van der Waals surface area contributed by atoms with Crippen LogP contribution in [0.2, 0.25) is 0 Å². The minimum absolute atomic E-state index is 0.198. The Hall–Kier alpha value is -1.77. The average molecular weight is 232 g/mol. The smallest absolute Gasteiger partial charge is 0.339 e. The molecular weight excluding hydrogens is 216 g/mol. The van der Waals surface area contributed by atoms with Gasteiger partial charge in [0.15, 0.2) is 0 Å². The minimum atomic E-state index is -0.324. The van der Waals surface area contributed by atoms with Crippen molar-refractivity contribution in [3.05, 3.63) is 38.7 Å². The van der Waals surface area contributed by atoms with Crippen molar-refractivity contribution >= 4 is 11.0 Å². The standard InChI is InChI=1S/C14H16O3/c1-5-10-11(15)6-7(2)12-8(3)9(4)14(16)17-13(10)12/h6,15H,5H2,1-4H3. The number of fused-ring (bicyclic) bond motifs is 1. The van der Waals surface area contributed by atoms with Gasteiger partial charge < -0.3 is 9.52 Å². The van der Waals surface area contributed by atoms with E-state index >= 15 is 0 Å². The van der Waals surface area contributed by atoms with Gasteiger partial charge in [-0.2, -0.15) is 0 Å². The largest absolute Gasteiger partial charge is 0.508 e. The molecule has 0 aliphatic carbocycles. The van der Waals surface area contributed by atoms with Gasteiger partial charge in [0.2, 0.25) is 0 Å². The van der Waals surface area contributed by atoms with E-state index in [0.29, 0.717) is 23.1 Å². The lowest BCUT2D eigenvalue weighted by atomic mass is 9.98. The Labute approximate surface area is 99.7 Å². The molecule has 0 saturated carbocycles. The van der Waals surface area contributed by atoms with Gasteiger partial charge in [0.25, 0.3) is 0 Å². The number of hydrogen-bond acceptors (Lipinski definition) is 3. The second-order valence-corrected chi connectivity index (χ2v) is 4.39. The molecule has 17 heavy (non-hydrogen) atoms. The predicted octanol–water partition coefficient (Wildman–Crippen LogP) is 2.99. The third kappa shape index (κ3) is 1.62. The number of aryl methyl sites for hydroxylation is 3. The molecule has 0 spiro atoms. The fraction of sp³-hybridized carbons (Fsp3) is 0.357. The Morgan fingerprint density at radius 2 is 1.88 bits per heavy atom. The number of rotatable bonds is 1. The Morgan fingerprint density at radius 3 is 2.47 bits per heavy atom. The molecule has 90 valence electrons. The maximum Gasteiger partial charge on any atom is 0.339 e. The summed E-state index contributed by atoms with van der Waals surface area (Å²) in [4.78, 5) is 11.7. The van der Waals surface area contributed by atoms with Crippen molar-refractivity contribution < 1.29 is 9.52 Å². The lowest BCUT2D eigenvalue weighted by Crippen LogP contribution is -2.07. The summed E-state index contributed by atoms with van der Waals surface area (Å²) < 4.78 is 5.34. The van der Waals surface area contributed by atoms with Gasteiger partial charge >= 0.3 is 5.63 Å². The molecule has 1 heterocycles. The average Bonchev–Trinajstić information content (AvgIpc) is 2.25. The first-order valence-corrected chi connectivity index (χ1v) is 5.72. The first kappa shape index (κ1) is 11.7. The van der Waals surface area contributed by atoms with E-state index in [4.69, 9.17) is 4.42 Å². The number of phenols is 1. The fourth-order valence-electron chi connectivity index (χ4n) is 2.24. The molecule has 1 aromatic carbocycles. The van der Waals surface area contributed by atoms with Gasteiger partial charge in [-0.1, -0.05) is 6.92 Å². The van der Waals surface area contributed by atoms with Crippen molar-refractivity contribution in [2.45, 2.75) is 34.1 Å². The Bertz CT molecular complexity index is 651. The van der Waals surface area contributed by atoms with Gasteiger partial charge in [-0.05, 0) is 44.4 Å². The van der Waals surface area contributed by atoms with E-state index < -0.39 is 0 Å². The third-order valence-corrected chi connectivity index (χ3v) is 3.35. The first-order chi connectivity index (χ1) is 7.97. The highest BCUT2D eigenvalue weighted by atomic mass is 16.4. The van der Waals surface area contributed by atoms with Gasteiger partial charge in [0.1, 0.15) is 11.3 Å². The van der Waals surface area contributed by atoms with E-state index in [9.17, 15) is 9.90 Å². The summed E-state index contributed by atoms with van der Waals surface area (Å²) in [6, 6.07) is 1.73. The lowest BCUT2D eigenvalue weighted by Gasteiger charge is -2.11. The third-order valence-electron chi connectivity index (χ3n) is 3.35. The van der Waals surface area contributed by atoms with Crippen LogP contribution in [0.4, 0.5) is 0 Å². The molecule has 1 aromatic heterocycles. The van der Waals surface area contributed by atoms with Crippen molar-refractivity contribution in [3.8, 4) is 5.75 Å². The highest BCUT2D eigenvalue weighted by Gasteiger charge is 2.15. The molecule has 2 aromatic rings. The number of phenolic OH excluding ortho intramolecular Hbond substituents is 1. The summed E-state index contributed by atoms with van der Waals surface area (Å²) in [7, 11) is 0. The predicted molar refractivity (Wildman–Crippen MR) is 67.7 cm³/mol. The van der Waals surface area contributed by atoms with Crippen molar-refractivity contribution in [1.82, 2.24) is 0 Å². The van der Waals surface area contributed by atoms with Crippen molar-refractivity contribution in [3.63, 3.8) is 0 Å². The molecular formula is C14H16O3. The van der Waals surface area contributed by atoms with Crippen LogP contribution in [-0.2, 0) is 6.42 Å². The molecule has 0 radical (unpaired) electrons. The van der Waals surface area contributed by atoms with Crippen LogP contribution >= 0.6 is 0 Å². The van der Waals surface area contributed by atoms with Crippen LogP contribution in [0.5, 0.6) is 5.75 Å². The van der Waals surface area contributed by atoms with E-state index in [0.717, 1.165) is 16.5 Å². The molecule has 0 fully saturated rings. The quantitative estimate of drug-likeness (QED) is 0.769. The van der Waals surface area contributed by atoms with Gasteiger partial charge in [0.05, 0.1) is 0 Å². The van der Waals surface area contributed by atoms with E-state index in [1.54, 1.807) is 13.0 Å². The van der Waals surface area contributed by atoms with Crippen LogP contribution in [0.1, 0.15) is 29.2 Å². The molecule has 3 nitrogen and oxygen atoms in total. The lowest BCUT2D eigenvalue weighted by molar-refractivity contribution is 0.465. The van der Waals surface area contributed by atoms with Crippen molar-refractivity contribution in [1.29, 1.82) is 0 Å². The van der Waals surface area contributed by atoms with Crippen LogP contribution in [0.15, 0.2) is 15.3 Å². The maximum atomic E-state index is 11.7. The molecule has 0 aliphatic heterocycles. The highest BCUT2D eigenvalue weighted by molar-refractivity contribution is 5.88. The van der Waals surface area contributed by atoms with E-state index in [1.165, 1.54) is 0 Å². The summed E-state index contributed by atoms with van der Waals surface area (Å²) in [5, 5.41) is 10.8. The zero-order valence-corrected chi connectivity index (χ0v) is 10.5. The Balaban J connectivity index is 3.09. The normalized spacial score (nSPS) is 11.1. The van der Waals surface area contributed by atoms with Crippen LogP contribution in [0.3, 0.4) is 0 Å². The molecule has 0 unspecified atom stereocenters. The first-order valence-electron chi connectivity index (χ1n) is 5.72. The van der Waals surface area contributed by atoms with Gasteiger partial charge in [-0.3, -0.25) is 0 Å². The highest BCUT2D eigenvalue weighted by Crippen LogP contribution is 2.32. The summed E-state index contributed by atoms with van der Waals surface area (Å²) in [6.07, 6.45) is 0.633. The molecule has 1 N–H and O–H groups in total. The van der Waals surface area contributed by atoms with Crippen LogP contribution in [0, 0.1) is 20.8 Å². The van der Waals surface area contributed by atoms with Crippen LogP contribution in [0.25, 0.3) is 11.0 Å². The van der Waals surface area contributed by atoms with Crippen LogP contribution in [-0.4, -0.2) is 5.11 Å². The van der Waals surface area contributed by atoms with Gasteiger partial charge in [-0.25, -0.2) is 4.79 Å². The molecule has 0 saturated heterocycles. The van der Waals surface area contributed by atoms with Crippen LogP contribution < -0.4 is 5.63 Å². The SMILES string of the molecule is CCc1c(O)cc(C)c2c(C)c(C)c(=O)oc12. The molecule has 0 atom stereocenters. The van der Waals surface area contributed by atoms with E-state index in [2.05, 4.69) is 0 Å². The zero-order valence-electron chi connectivity index (χ0n) is 10.5. The Kier molecular flexibility index (Phi) is 2.69. The number of hydrogen-bond donors (Lipinski definition) is 1. The molecule has 0 amide bonds. The molecule has 3 heteroatoms. The maximum absolute atomic E-state index is 11.7. The van der Waals surface area contributed by atoms with Gasteiger partial charge in [0, 0.05) is 16.5 Å². The second-order valence-electron chi connectivity index (χ2n) is 4.39. The van der Waals surface area contributed by atoms with Crippen molar-refractivity contribution in [2.24, 2.45) is 0 Å². The summed E-state index contributed by atoms with van der Waals surface area (Å²) in [5.74, 6) is 0.198. The number of benzene rings is 1. The topological polar surface area (TPSA) is 50.4 Å². The van der Waals surface area contributed by atoms with E-state index in [1.807, 2.05) is 20.8 Å². The second kappa shape index (κ2) is 3.91. The van der Waals surface area contributed by atoms with Gasteiger partial charge in [-0.15, -0.1) is 0 Å². The molecule has 0 aliphatic rings. The zero-order chi connectivity index (χ0) is 12.7. The van der Waals surface area contributed by atoms with Crippen molar-refractivity contribution in [2.75, 3.05) is 0 Å². The summed E-state index contributed by atoms with van der Waals surface area (Å²) in [5.41, 5.74) is 3.40. The summed E-state index contributed by atoms with van der Waals surface area (Å²) >= 11 is 0. The number of aromatic hydroxyl groups is 1. The fourth-order valence-corrected chi connectivity index (χ4v) is 2.24. The minimum Gasteiger partial charge on any atom is -0.508 e. The summed E-state index contributed by atoms with van der Waals surface area (Å²) in [6.45, 7) is 7.52.